The summed E-state index contributed by atoms with van der Waals surface area (Å²) in [7, 11) is 0. The molecule has 1 heterocycles. The molecule has 4 aliphatic carbocycles. The quantitative estimate of drug-likeness (QED) is 0.234. The van der Waals surface area contributed by atoms with E-state index in [9.17, 15) is 0 Å². The number of benzene rings is 2. The number of aromatic nitrogens is 1. The van der Waals surface area contributed by atoms with Gasteiger partial charge in [-0.05, 0) is 115 Å². The SMILES string of the molecule is Cc1ccc2[nH]cc(C3C=C4[C@@](C)(CC[C@@]5(C)[C@@H]6C[C@@H](C)CC[C@]6(C)CC[C@]45C)c4cccc(C)c43)c2c1.O=CO. The molecule has 0 amide bonds. The Hall–Kier alpha value is -2.81. The monoisotopic (exact) mass is 551 g/mol. The van der Waals surface area contributed by atoms with E-state index in [2.05, 4.69) is 102 Å². The summed E-state index contributed by atoms with van der Waals surface area (Å²) in [5.74, 6) is 2.00. The van der Waals surface area contributed by atoms with Gasteiger partial charge in [-0.3, -0.25) is 4.79 Å². The highest BCUT2D eigenvalue weighted by Gasteiger charge is 2.65. The minimum atomic E-state index is -0.250. The van der Waals surface area contributed by atoms with E-state index in [1.807, 2.05) is 0 Å². The lowest BCUT2D eigenvalue weighted by molar-refractivity contribution is -0.145. The molecule has 3 nitrogen and oxygen atoms in total. The highest BCUT2D eigenvalue weighted by Crippen LogP contribution is 2.74. The van der Waals surface area contributed by atoms with Gasteiger partial charge in [0.05, 0.1) is 0 Å². The van der Waals surface area contributed by atoms with Crippen molar-refractivity contribution in [3.63, 3.8) is 0 Å². The van der Waals surface area contributed by atoms with Crippen molar-refractivity contribution in [3.05, 3.63) is 82.1 Å². The Morgan fingerprint density at radius 3 is 2.49 bits per heavy atom. The number of aryl methyl sites for hydroxylation is 2. The molecule has 0 bridgehead atoms. The summed E-state index contributed by atoms with van der Waals surface area (Å²) < 4.78 is 0. The van der Waals surface area contributed by atoms with Crippen molar-refractivity contribution in [3.8, 4) is 0 Å². The minimum Gasteiger partial charge on any atom is -0.483 e. The van der Waals surface area contributed by atoms with Crippen LogP contribution in [0.1, 0.15) is 113 Å². The fraction of sp³-hybridized carbons (Fsp3) is 0.553. The van der Waals surface area contributed by atoms with E-state index in [0.717, 1.165) is 11.8 Å². The van der Waals surface area contributed by atoms with Crippen molar-refractivity contribution < 1.29 is 9.90 Å². The van der Waals surface area contributed by atoms with Gasteiger partial charge in [-0.15, -0.1) is 0 Å². The van der Waals surface area contributed by atoms with Gasteiger partial charge < -0.3 is 10.1 Å². The Morgan fingerprint density at radius 1 is 0.976 bits per heavy atom. The number of fused-ring (bicyclic) bond motifs is 8. The van der Waals surface area contributed by atoms with Crippen LogP contribution in [0.4, 0.5) is 0 Å². The van der Waals surface area contributed by atoms with Gasteiger partial charge in [0.1, 0.15) is 0 Å². The lowest BCUT2D eigenvalue weighted by Gasteiger charge is -2.69. The van der Waals surface area contributed by atoms with Crippen LogP contribution < -0.4 is 0 Å². The third-order valence-corrected chi connectivity index (χ3v) is 13.0. The number of allylic oxidation sites excluding steroid dienone is 2. The molecule has 7 rings (SSSR count). The summed E-state index contributed by atoms with van der Waals surface area (Å²) in [6, 6.07) is 14.1. The first-order valence-electron chi connectivity index (χ1n) is 15.9. The zero-order valence-electron chi connectivity index (χ0n) is 26.2. The maximum atomic E-state index is 8.36. The largest absolute Gasteiger partial charge is 0.483 e. The van der Waals surface area contributed by atoms with Gasteiger partial charge in [0.25, 0.3) is 6.47 Å². The highest BCUT2D eigenvalue weighted by atomic mass is 16.3. The Balaban J connectivity index is 0.000000967. The van der Waals surface area contributed by atoms with Gasteiger partial charge in [-0.2, -0.15) is 0 Å². The van der Waals surface area contributed by atoms with E-state index < -0.39 is 0 Å². The molecule has 2 aromatic carbocycles. The molecule has 3 saturated carbocycles. The average Bonchev–Trinajstić information content (AvgIpc) is 3.35. The molecule has 1 unspecified atom stereocenters. The summed E-state index contributed by atoms with van der Waals surface area (Å²) in [6.07, 6.45) is 14.8. The summed E-state index contributed by atoms with van der Waals surface area (Å²) >= 11 is 0. The number of carbonyl (C=O) groups is 1. The van der Waals surface area contributed by atoms with Crippen LogP contribution in [0, 0.1) is 41.9 Å². The second kappa shape index (κ2) is 9.61. The van der Waals surface area contributed by atoms with Gasteiger partial charge in [-0.1, -0.05) is 82.5 Å². The molecule has 0 spiro atoms. The molecule has 3 aromatic rings. The third-order valence-electron chi connectivity index (χ3n) is 13.0. The summed E-state index contributed by atoms with van der Waals surface area (Å²) in [5, 5.41) is 8.28. The van der Waals surface area contributed by atoms with Crippen molar-refractivity contribution >= 4 is 17.4 Å². The van der Waals surface area contributed by atoms with Crippen LogP contribution in [0.3, 0.4) is 0 Å². The Morgan fingerprint density at radius 2 is 1.73 bits per heavy atom. The number of H-pyrrole nitrogens is 1. The highest BCUT2D eigenvalue weighted by molar-refractivity contribution is 5.86. The molecule has 41 heavy (non-hydrogen) atoms. The fourth-order valence-electron chi connectivity index (χ4n) is 10.5. The van der Waals surface area contributed by atoms with E-state index in [1.54, 1.807) is 16.7 Å². The normalized spacial score (nSPS) is 37.4. The average molecular weight is 552 g/mol. The molecular weight excluding hydrogens is 502 g/mol. The van der Waals surface area contributed by atoms with E-state index in [-0.39, 0.29) is 17.3 Å². The van der Waals surface area contributed by atoms with Crippen molar-refractivity contribution in [2.75, 3.05) is 0 Å². The maximum Gasteiger partial charge on any atom is 0.290 e. The van der Waals surface area contributed by atoms with Crippen LogP contribution in [0.15, 0.2) is 54.2 Å². The molecule has 0 aliphatic heterocycles. The summed E-state index contributed by atoms with van der Waals surface area (Å²) in [4.78, 5) is 12.0. The van der Waals surface area contributed by atoms with Crippen LogP contribution in [-0.4, -0.2) is 16.6 Å². The zero-order chi connectivity index (χ0) is 29.4. The molecule has 2 N–H and O–H groups in total. The molecule has 4 aliphatic rings. The third kappa shape index (κ3) is 3.93. The van der Waals surface area contributed by atoms with Gasteiger partial charge in [-0.25, -0.2) is 0 Å². The smallest absolute Gasteiger partial charge is 0.290 e. The zero-order valence-corrected chi connectivity index (χ0v) is 26.2. The van der Waals surface area contributed by atoms with Gasteiger partial charge in [0.15, 0.2) is 0 Å². The number of hydrogen-bond acceptors (Lipinski definition) is 1. The van der Waals surface area contributed by atoms with Crippen LogP contribution in [0.25, 0.3) is 10.9 Å². The second-order valence-corrected chi connectivity index (χ2v) is 15.2. The van der Waals surface area contributed by atoms with Gasteiger partial charge in [0.2, 0.25) is 0 Å². The van der Waals surface area contributed by atoms with Gasteiger partial charge >= 0.3 is 0 Å². The number of hydrogen-bond donors (Lipinski definition) is 2. The predicted molar refractivity (Wildman–Crippen MR) is 169 cm³/mol. The van der Waals surface area contributed by atoms with E-state index in [1.165, 1.54) is 72.5 Å². The van der Waals surface area contributed by atoms with Crippen molar-refractivity contribution in [2.45, 2.75) is 105 Å². The summed E-state index contributed by atoms with van der Waals surface area (Å²) in [5.41, 5.74) is 11.7. The standard InChI is InChI=1S/C37H47N.CH2O2/c1-23-11-12-30-26(19-23)28(22-38-30)27-21-32-35(5,29-10-8-9-25(3)33(27)29)16-18-36(6)31-20-24(2)13-14-34(31,4)15-17-37(32,36)7;2-1-3/h8-12,19,21-22,24,27,31,38H,13-18,20H2,1-7H3;1H,(H,2,3)/t24-,27?,31+,34+,35-,36-,37+;/m0./s1. The van der Waals surface area contributed by atoms with E-state index in [0.29, 0.717) is 16.7 Å². The fourth-order valence-corrected chi connectivity index (χ4v) is 10.5. The number of rotatable bonds is 1. The molecule has 3 heteroatoms. The first kappa shape index (κ1) is 28.3. The van der Waals surface area contributed by atoms with Crippen LogP contribution in [0.2, 0.25) is 0 Å². The molecule has 0 radical (unpaired) electrons. The maximum absolute atomic E-state index is 8.36. The van der Waals surface area contributed by atoms with Crippen molar-refractivity contribution in [1.82, 2.24) is 4.98 Å². The number of carboxylic acid groups (broad SMARTS) is 1. The Bertz CT molecular complexity index is 1530. The van der Waals surface area contributed by atoms with Crippen LogP contribution >= 0.6 is 0 Å². The molecule has 3 fully saturated rings. The number of aromatic amines is 1. The first-order chi connectivity index (χ1) is 19.4. The van der Waals surface area contributed by atoms with Crippen LogP contribution in [-0.2, 0) is 10.2 Å². The molecule has 7 atom stereocenters. The van der Waals surface area contributed by atoms with Gasteiger partial charge in [0, 0.05) is 28.4 Å². The van der Waals surface area contributed by atoms with E-state index >= 15 is 0 Å². The van der Waals surface area contributed by atoms with Crippen molar-refractivity contribution in [2.24, 2.45) is 28.1 Å². The first-order valence-corrected chi connectivity index (χ1v) is 15.9. The Kier molecular flexibility index (Phi) is 6.64. The molecule has 0 saturated heterocycles. The number of nitrogens with one attached hydrogen (secondary N) is 1. The summed E-state index contributed by atoms with van der Waals surface area (Å²) in [6.45, 7) is 17.5. The molecule has 1 aromatic heterocycles. The van der Waals surface area contributed by atoms with Crippen LogP contribution in [0.5, 0.6) is 0 Å². The van der Waals surface area contributed by atoms with Crippen molar-refractivity contribution in [1.29, 1.82) is 0 Å². The lowest BCUT2D eigenvalue weighted by atomic mass is 9.35. The lowest BCUT2D eigenvalue weighted by Crippen LogP contribution is -2.61. The molecule has 218 valence electrons. The predicted octanol–water partition coefficient (Wildman–Crippen LogP) is 9.86. The van der Waals surface area contributed by atoms with E-state index in [4.69, 9.17) is 9.90 Å². The molecular formula is C38H49NO2. The topological polar surface area (TPSA) is 53.1 Å². The minimum absolute atomic E-state index is 0.127. The Labute approximate surface area is 246 Å². The second-order valence-electron chi connectivity index (χ2n) is 15.2.